The molecule has 1 aliphatic rings. The van der Waals surface area contributed by atoms with Crippen LogP contribution in [0.25, 0.3) is 5.65 Å². The number of nitrogens with zero attached hydrogens (tertiary/aromatic N) is 2. The van der Waals surface area contributed by atoms with Crippen LogP contribution in [0.3, 0.4) is 0 Å². The van der Waals surface area contributed by atoms with Gasteiger partial charge in [-0.1, -0.05) is 0 Å². The fourth-order valence-electron chi connectivity index (χ4n) is 2.09. The van der Waals surface area contributed by atoms with Crippen molar-refractivity contribution >= 4 is 18.2 Å². The van der Waals surface area contributed by atoms with Crippen LogP contribution < -0.4 is 5.46 Å². The Morgan fingerprint density at radius 1 is 1.21 bits per heavy atom. The Morgan fingerprint density at radius 2 is 1.84 bits per heavy atom. The summed E-state index contributed by atoms with van der Waals surface area (Å²) in [5.41, 5.74) is 0.621. The Kier molecular flexibility index (Phi) is 2.53. The minimum atomic E-state index is -0.449. The fraction of sp³-hybridized carbons (Fsp3) is 0.462. The van der Waals surface area contributed by atoms with Crippen molar-refractivity contribution in [3.05, 3.63) is 30.5 Å². The van der Waals surface area contributed by atoms with Gasteiger partial charge in [0.1, 0.15) is 5.65 Å². The van der Waals surface area contributed by atoms with E-state index in [1.807, 2.05) is 27.7 Å². The SMILES string of the molecule is CC1(C)OB(c2ccn3c(F)cnc3c2)OC1(C)C. The number of fused-ring (bicyclic) bond motifs is 1. The molecule has 2 aromatic rings. The molecule has 0 amide bonds. The number of halogens is 1. The van der Waals surface area contributed by atoms with E-state index in [1.165, 1.54) is 10.6 Å². The zero-order valence-corrected chi connectivity index (χ0v) is 11.5. The summed E-state index contributed by atoms with van der Waals surface area (Å²) in [6.07, 6.45) is 2.83. The normalized spacial score (nSPS) is 21.2. The van der Waals surface area contributed by atoms with E-state index in [9.17, 15) is 4.39 Å². The quantitative estimate of drug-likeness (QED) is 0.735. The third-order valence-electron chi connectivity index (χ3n) is 4.02. The van der Waals surface area contributed by atoms with Gasteiger partial charge in [-0.15, -0.1) is 0 Å². The number of aromatic nitrogens is 2. The lowest BCUT2D eigenvalue weighted by molar-refractivity contribution is 0.00578. The van der Waals surface area contributed by atoms with E-state index >= 15 is 0 Å². The molecule has 0 aromatic carbocycles. The first-order chi connectivity index (χ1) is 8.80. The molecule has 0 atom stereocenters. The predicted octanol–water partition coefficient (Wildman–Crippen LogP) is 1.77. The Labute approximate surface area is 111 Å². The van der Waals surface area contributed by atoms with Crippen molar-refractivity contribution in [3.63, 3.8) is 0 Å². The average Bonchev–Trinajstić information content (AvgIpc) is 2.78. The summed E-state index contributed by atoms with van der Waals surface area (Å²) in [7, 11) is -0.449. The van der Waals surface area contributed by atoms with E-state index in [2.05, 4.69) is 4.98 Å². The van der Waals surface area contributed by atoms with Crippen molar-refractivity contribution in [3.8, 4) is 0 Å². The molecule has 3 heterocycles. The molecule has 1 fully saturated rings. The van der Waals surface area contributed by atoms with Crippen LogP contribution in [0.15, 0.2) is 24.5 Å². The summed E-state index contributed by atoms with van der Waals surface area (Å²) >= 11 is 0. The largest absolute Gasteiger partial charge is 0.495 e. The van der Waals surface area contributed by atoms with E-state index in [4.69, 9.17) is 9.31 Å². The van der Waals surface area contributed by atoms with Gasteiger partial charge in [0.2, 0.25) is 5.95 Å². The second-order valence-electron chi connectivity index (χ2n) is 5.86. The summed E-state index contributed by atoms with van der Waals surface area (Å²) in [5.74, 6) is -0.379. The van der Waals surface area contributed by atoms with Gasteiger partial charge >= 0.3 is 7.12 Å². The molecule has 1 aliphatic heterocycles. The molecule has 0 saturated carbocycles. The van der Waals surface area contributed by atoms with Gasteiger partial charge in [0.25, 0.3) is 0 Å². The highest BCUT2D eigenvalue weighted by molar-refractivity contribution is 6.62. The molecule has 2 aromatic heterocycles. The molecule has 0 N–H and O–H groups in total. The number of imidazole rings is 1. The molecule has 6 heteroatoms. The Balaban J connectivity index is 1.98. The molecule has 100 valence electrons. The maximum atomic E-state index is 13.3. The molecule has 0 spiro atoms. The van der Waals surface area contributed by atoms with Gasteiger partial charge in [-0.05, 0) is 45.3 Å². The minimum Gasteiger partial charge on any atom is -0.399 e. The molecule has 4 nitrogen and oxygen atoms in total. The van der Waals surface area contributed by atoms with Crippen LogP contribution in [-0.2, 0) is 9.31 Å². The molecule has 3 rings (SSSR count). The molecule has 0 unspecified atom stereocenters. The van der Waals surface area contributed by atoms with Gasteiger partial charge in [0.05, 0.1) is 17.4 Å². The van der Waals surface area contributed by atoms with E-state index < -0.39 is 7.12 Å². The monoisotopic (exact) mass is 262 g/mol. The van der Waals surface area contributed by atoms with Crippen LogP contribution >= 0.6 is 0 Å². The summed E-state index contributed by atoms with van der Waals surface area (Å²) in [6.45, 7) is 8.00. The highest BCUT2D eigenvalue weighted by atomic mass is 19.1. The fourth-order valence-corrected chi connectivity index (χ4v) is 2.09. The molecule has 1 saturated heterocycles. The van der Waals surface area contributed by atoms with Crippen molar-refractivity contribution in [2.45, 2.75) is 38.9 Å². The summed E-state index contributed by atoms with van der Waals surface area (Å²) < 4.78 is 26.6. The highest BCUT2D eigenvalue weighted by Crippen LogP contribution is 2.36. The summed E-state index contributed by atoms with van der Waals surface area (Å²) in [5, 5.41) is 0. The van der Waals surface area contributed by atoms with Crippen LogP contribution in [0.4, 0.5) is 4.39 Å². The first kappa shape index (κ1) is 12.6. The summed E-state index contributed by atoms with van der Waals surface area (Å²) in [6, 6.07) is 3.57. The van der Waals surface area contributed by atoms with Crippen molar-refractivity contribution in [1.82, 2.24) is 9.38 Å². The smallest absolute Gasteiger partial charge is 0.399 e. The minimum absolute atomic E-state index is 0.379. The lowest BCUT2D eigenvalue weighted by atomic mass is 9.80. The predicted molar refractivity (Wildman–Crippen MR) is 70.9 cm³/mol. The van der Waals surface area contributed by atoms with Crippen LogP contribution in [0.1, 0.15) is 27.7 Å². The zero-order valence-electron chi connectivity index (χ0n) is 11.5. The number of hydrogen-bond acceptors (Lipinski definition) is 3. The van der Waals surface area contributed by atoms with Gasteiger partial charge in [0.15, 0.2) is 0 Å². The Hall–Kier alpha value is -1.40. The lowest BCUT2D eigenvalue weighted by Gasteiger charge is -2.32. The second kappa shape index (κ2) is 3.80. The number of hydrogen-bond donors (Lipinski definition) is 0. The Morgan fingerprint density at radius 3 is 2.47 bits per heavy atom. The number of rotatable bonds is 1. The third kappa shape index (κ3) is 1.86. The van der Waals surface area contributed by atoms with Crippen LogP contribution in [-0.4, -0.2) is 27.7 Å². The van der Waals surface area contributed by atoms with Gasteiger partial charge in [-0.2, -0.15) is 4.39 Å². The maximum Gasteiger partial charge on any atom is 0.495 e. The zero-order chi connectivity index (χ0) is 13.8. The van der Waals surface area contributed by atoms with Crippen LogP contribution in [0.5, 0.6) is 0 Å². The topological polar surface area (TPSA) is 35.8 Å². The number of pyridine rings is 1. The van der Waals surface area contributed by atoms with E-state index in [0.29, 0.717) is 5.65 Å². The molecular formula is C13H16BFN2O2. The van der Waals surface area contributed by atoms with Crippen molar-refractivity contribution in [2.75, 3.05) is 0 Å². The Bertz CT molecular complexity index is 623. The van der Waals surface area contributed by atoms with Gasteiger partial charge < -0.3 is 9.31 Å². The maximum absolute atomic E-state index is 13.3. The molecule has 0 aliphatic carbocycles. The van der Waals surface area contributed by atoms with Crippen LogP contribution in [0, 0.1) is 5.95 Å². The van der Waals surface area contributed by atoms with E-state index in [-0.39, 0.29) is 17.1 Å². The van der Waals surface area contributed by atoms with Crippen molar-refractivity contribution in [1.29, 1.82) is 0 Å². The molecule has 0 bridgehead atoms. The second-order valence-corrected chi connectivity index (χ2v) is 5.86. The molecular weight excluding hydrogens is 246 g/mol. The van der Waals surface area contributed by atoms with Gasteiger partial charge in [0, 0.05) is 6.20 Å². The van der Waals surface area contributed by atoms with E-state index in [1.54, 1.807) is 18.3 Å². The van der Waals surface area contributed by atoms with Crippen molar-refractivity contribution < 1.29 is 13.7 Å². The van der Waals surface area contributed by atoms with Gasteiger partial charge in [-0.3, -0.25) is 4.40 Å². The lowest BCUT2D eigenvalue weighted by Crippen LogP contribution is -2.41. The third-order valence-corrected chi connectivity index (χ3v) is 4.02. The van der Waals surface area contributed by atoms with E-state index in [0.717, 1.165) is 5.46 Å². The summed E-state index contributed by atoms with van der Waals surface area (Å²) in [4.78, 5) is 4.00. The average molecular weight is 262 g/mol. The first-order valence-corrected chi connectivity index (χ1v) is 6.28. The van der Waals surface area contributed by atoms with Crippen LogP contribution in [0.2, 0.25) is 0 Å². The molecule has 0 radical (unpaired) electrons. The standard InChI is InChI=1S/C13H16BFN2O2/c1-12(2)13(3,4)19-14(18-12)9-5-6-17-10(15)8-16-11(17)7-9/h5-8H,1-4H3. The molecule has 19 heavy (non-hydrogen) atoms. The van der Waals surface area contributed by atoms with Crippen molar-refractivity contribution in [2.24, 2.45) is 0 Å². The highest BCUT2D eigenvalue weighted by Gasteiger charge is 2.51. The first-order valence-electron chi connectivity index (χ1n) is 6.28. The van der Waals surface area contributed by atoms with Gasteiger partial charge in [-0.25, -0.2) is 4.98 Å².